The highest BCUT2D eigenvalue weighted by Crippen LogP contribution is 2.22. The first-order valence-electron chi connectivity index (χ1n) is 6.75. The second kappa shape index (κ2) is 5.88. The Morgan fingerprint density at radius 2 is 1.95 bits per heavy atom. The largest absolute Gasteiger partial charge is 0.470 e. The fraction of sp³-hybridized carbons (Fsp3) is 0.267. The molecule has 0 aromatic heterocycles. The van der Waals surface area contributed by atoms with E-state index >= 15 is 0 Å². The van der Waals surface area contributed by atoms with Gasteiger partial charge in [-0.3, -0.25) is 4.79 Å². The van der Waals surface area contributed by atoms with Gasteiger partial charge >= 0.3 is 11.9 Å². The third-order valence-corrected chi connectivity index (χ3v) is 3.23. The molecule has 2 aliphatic rings. The maximum Gasteiger partial charge on any atom is 0.348 e. The van der Waals surface area contributed by atoms with E-state index in [1.807, 2.05) is 6.07 Å². The van der Waals surface area contributed by atoms with Crippen LogP contribution in [-0.2, 0) is 28.6 Å². The average Bonchev–Trinajstić information content (AvgIpc) is 3.07. The quantitative estimate of drug-likeness (QED) is 0.649. The molecule has 1 fully saturated rings. The molecule has 1 saturated heterocycles. The van der Waals surface area contributed by atoms with Crippen LogP contribution in [0.15, 0.2) is 41.8 Å². The molecule has 0 aliphatic carbocycles. The molecular weight excluding hydrogens is 290 g/mol. The van der Waals surface area contributed by atoms with Gasteiger partial charge in [0.15, 0.2) is 12.2 Å². The predicted molar refractivity (Wildman–Crippen MR) is 73.5 cm³/mol. The minimum atomic E-state index is -0.966. The number of hydrogen-bond donors (Lipinski definition) is 1. The van der Waals surface area contributed by atoms with Crippen molar-refractivity contribution in [3.05, 3.63) is 41.8 Å². The maximum atomic E-state index is 12.1. The molecule has 0 radical (unpaired) electrons. The van der Waals surface area contributed by atoms with Gasteiger partial charge in [0, 0.05) is 12.1 Å². The number of ether oxygens (including phenoxy) is 3. The Balaban J connectivity index is 1.78. The summed E-state index contributed by atoms with van der Waals surface area (Å²) in [6, 6.07) is 8.95. The minimum absolute atomic E-state index is 0.0348. The lowest BCUT2D eigenvalue weighted by molar-refractivity contribution is -0.157. The molecule has 2 heterocycles. The van der Waals surface area contributed by atoms with Crippen LogP contribution in [0.25, 0.3) is 0 Å². The topological polar surface area (TPSA) is 90.9 Å². The van der Waals surface area contributed by atoms with Crippen LogP contribution in [0.3, 0.4) is 0 Å². The van der Waals surface area contributed by atoms with Gasteiger partial charge in [0.2, 0.25) is 17.8 Å². The molecule has 0 bridgehead atoms. The van der Waals surface area contributed by atoms with E-state index in [1.165, 1.54) is 0 Å². The zero-order valence-corrected chi connectivity index (χ0v) is 11.5. The molecule has 22 heavy (non-hydrogen) atoms. The van der Waals surface area contributed by atoms with Crippen molar-refractivity contribution in [2.45, 2.75) is 12.5 Å². The van der Waals surface area contributed by atoms with Crippen molar-refractivity contribution in [2.75, 3.05) is 18.5 Å². The Morgan fingerprint density at radius 3 is 2.64 bits per heavy atom. The van der Waals surface area contributed by atoms with Crippen LogP contribution in [0.1, 0.15) is 6.42 Å². The fourth-order valence-corrected chi connectivity index (χ4v) is 2.14. The van der Waals surface area contributed by atoms with E-state index in [-0.39, 0.29) is 31.1 Å². The monoisotopic (exact) mass is 303 g/mol. The normalized spacial score (nSPS) is 20.6. The average molecular weight is 303 g/mol. The Labute approximate surface area is 125 Å². The summed E-state index contributed by atoms with van der Waals surface area (Å²) in [7, 11) is 0. The van der Waals surface area contributed by atoms with Crippen LogP contribution in [0, 0.1) is 0 Å². The molecule has 7 nitrogen and oxygen atoms in total. The Morgan fingerprint density at radius 1 is 1.18 bits per heavy atom. The summed E-state index contributed by atoms with van der Waals surface area (Å²) in [6.07, 6.45) is -0.680. The van der Waals surface area contributed by atoms with Crippen molar-refractivity contribution in [3.8, 4) is 0 Å². The third-order valence-electron chi connectivity index (χ3n) is 3.23. The predicted octanol–water partition coefficient (Wildman–Crippen LogP) is 0.768. The lowest BCUT2D eigenvalue weighted by Crippen LogP contribution is -2.26. The van der Waals surface area contributed by atoms with Gasteiger partial charge < -0.3 is 19.5 Å². The molecule has 3 rings (SSSR count). The molecule has 7 heteroatoms. The molecule has 0 saturated carbocycles. The molecule has 0 amide bonds. The molecule has 1 aromatic carbocycles. The summed E-state index contributed by atoms with van der Waals surface area (Å²) in [5.41, 5.74) is 0.446. The van der Waals surface area contributed by atoms with E-state index < -0.39 is 23.8 Å². The van der Waals surface area contributed by atoms with Crippen LogP contribution < -0.4 is 5.32 Å². The van der Waals surface area contributed by atoms with Gasteiger partial charge in [-0.2, -0.15) is 0 Å². The Hall–Kier alpha value is -2.83. The van der Waals surface area contributed by atoms with E-state index in [0.717, 1.165) is 0 Å². The lowest BCUT2D eigenvalue weighted by atomic mass is 10.2. The first kappa shape index (κ1) is 14.1. The van der Waals surface area contributed by atoms with Gasteiger partial charge in [0.05, 0.1) is 6.61 Å². The number of cyclic esters (lactones) is 1. The van der Waals surface area contributed by atoms with Crippen LogP contribution in [0.4, 0.5) is 5.69 Å². The number of esters is 2. The molecule has 1 atom stereocenters. The lowest BCUT2D eigenvalue weighted by Gasteiger charge is -2.10. The smallest absolute Gasteiger partial charge is 0.348 e. The molecule has 0 unspecified atom stereocenters. The number of nitrogens with one attached hydrogen (secondary N) is 1. The van der Waals surface area contributed by atoms with E-state index in [1.54, 1.807) is 24.3 Å². The summed E-state index contributed by atoms with van der Waals surface area (Å²) < 4.78 is 14.9. The fourth-order valence-electron chi connectivity index (χ4n) is 2.14. The summed E-state index contributed by atoms with van der Waals surface area (Å²) >= 11 is 0. The highest BCUT2D eigenvalue weighted by atomic mass is 16.6. The van der Waals surface area contributed by atoms with Crippen molar-refractivity contribution in [3.63, 3.8) is 0 Å². The number of Topliss-reactive ketones (excluding diaryl/α,β-unsaturated/α-hetero) is 1. The van der Waals surface area contributed by atoms with Crippen LogP contribution in [-0.4, -0.2) is 37.0 Å². The number of para-hydroxylation sites is 1. The summed E-state index contributed by atoms with van der Waals surface area (Å²) in [5.74, 6) is -1.94. The summed E-state index contributed by atoms with van der Waals surface area (Å²) in [6.45, 7) is -0.0376. The van der Waals surface area contributed by atoms with Crippen LogP contribution in [0.5, 0.6) is 0 Å². The number of hydrogen-bond acceptors (Lipinski definition) is 7. The summed E-state index contributed by atoms with van der Waals surface area (Å²) in [5, 5.41) is 2.86. The molecular formula is C15H13NO6. The van der Waals surface area contributed by atoms with E-state index in [0.29, 0.717) is 5.69 Å². The SMILES string of the molecule is O=C1COC(Nc2ccccc2)=C1C(=O)O[C@H]1CCOC1=O. The van der Waals surface area contributed by atoms with Crippen LogP contribution in [0.2, 0.25) is 0 Å². The minimum Gasteiger partial charge on any atom is -0.470 e. The van der Waals surface area contributed by atoms with Gasteiger partial charge in [-0.15, -0.1) is 0 Å². The molecule has 2 aliphatic heterocycles. The third kappa shape index (κ3) is 2.78. The molecule has 1 N–H and O–H groups in total. The molecule has 114 valence electrons. The van der Waals surface area contributed by atoms with Gasteiger partial charge in [0.25, 0.3) is 0 Å². The van der Waals surface area contributed by atoms with E-state index in [9.17, 15) is 14.4 Å². The number of rotatable bonds is 4. The van der Waals surface area contributed by atoms with Crippen molar-refractivity contribution < 1.29 is 28.6 Å². The Bertz CT molecular complexity index is 651. The number of carbonyl (C=O) groups excluding carboxylic acids is 3. The zero-order chi connectivity index (χ0) is 15.5. The maximum absolute atomic E-state index is 12.1. The number of carbonyl (C=O) groups is 3. The molecule has 0 spiro atoms. The molecule has 1 aromatic rings. The first-order chi connectivity index (χ1) is 10.6. The second-order valence-corrected chi connectivity index (χ2v) is 4.76. The number of anilines is 1. The highest BCUT2D eigenvalue weighted by molar-refractivity contribution is 6.20. The zero-order valence-electron chi connectivity index (χ0n) is 11.5. The number of benzene rings is 1. The van der Waals surface area contributed by atoms with Crippen LogP contribution >= 0.6 is 0 Å². The second-order valence-electron chi connectivity index (χ2n) is 4.76. The van der Waals surface area contributed by atoms with Crippen molar-refractivity contribution in [1.29, 1.82) is 0 Å². The van der Waals surface area contributed by atoms with Crippen molar-refractivity contribution in [2.24, 2.45) is 0 Å². The summed E-state index contributed by atoms with van der Waals surface area (Å²) in [4.78, 5) is 35.3. The standard InChI is InChI=1S/C15H13NO6/c17-10-8-21-13(16-9-4-2-1-3-5-9)12(10)15(19)22-11-6-7-20-14(11)18/h1-5,11,16H,6-8H2/t11-/m0/s1. The van der Waals surface area contributed by atoms with E-state index in [2.05, 4.69) is 5.32 Å². The Kier molecular flexibility index (Phi) is 3.78. The first-order valence-corrected chi connectivity index (χ1v) is 6.75. The van der Waals surface area contributed by atoms with Crippen molar-refractivity contribution >= 4 is 23.4 Å². The van der Waals surface area contributed by atoms with Crippen molar-refractivity contribution in [1.82, 2.24) is 0 Å². The van der Waals surface area contributed by atoms with Gasteiger partial charge in [-0.05, 0) is 12.1 Å². The van der Waals surface area contributed by atoms with Gasteiger partial charge in [0.1, 0.15) is 0 Å². The number of ketones is 1. The highest BCUT2D eigenvalue weighted by Gasteiger charge is 2.37. The van der Waals surface area contributed by atoms with Gasteiger partial charge in [-0.25, -0.2) is 9.59 Å². The van der Waals surface area contributed by atoms with E-state index in [4.69, 9.17) is 14.2 Å². The van der Waals surface area contributed by atoms with Gasteiger partial charge in [-0.1, -0.05) is 18.2 Å².